The Labute approximate surface area is 160 Å². The van der Waals surface area contributed by atoms with Crippen LogP contribution in [0, 0.1) is 11.3 Å². The molecule has 0 aliphatic heterocycles. The molecule has 2 aromatic carbocycles. The predicted octanol–water partition coefficient (Wildman–Crippen LogP) is 3.94. The Morgan fingerprint density at radius 3 is 2.11 bits per heavy atom. The van der Waals surface area contributed by atoms with E-state index in [2.05, 4.69) is 0 Å². The van der Waals surface area contributed by atoms with E-state index in [4.69, 9.17) is 14.7 Å². The van der Waals surface area contributed by atoms with E-state index in [0.717, 1.165) is 18.6 Å². The van der Waals surface area contributed by atoms with Gasteiger partial charge >= 0.3 is 0 Å². The van der Waals surface area contributed by atoms with E-state index >= 15 is 0 Å². The van der Waals surface area contributed by atoms with Crippen molar-refractivity contribution in [3.63, 3.8) is 0 Å². The molecule has 0 N–H and O–H groups in total. The van der Waals surface area contributed by atoms with Gasteiger partial charge in [-0.1, -0.05) is 0 Å². The van der Waals surface area contributed by atoms with Crippen molar-refractivity contribution >= 4 is 10.0 Å². The van der Waals surface area contributed by atoms with Crippen molar-refractivity contribution in [2.24, 2.45) is 0 Å². The quantitative estimate of drug-likeness (QED) is 0.652. The molecule has 0 atom stereocenters. The zero-order valence-electron chi connectivity index (χ0n) is 15.2. The van der Waals surface area contributed by atoms with E-state index in [1.165, 1.54) is 4.31 Å². The lowest BCUT2D eigenvalue weighted by Gasteiger charge is -2.20. The highest BCUT2D eigenvalue weighted by atomic mass is 32.2. The summed E-state index contributed by atoms with van der Waals surface area (Å²) in [5.74, 6) is 1.96. The molecule has 0 heterocycles. The Hall–Kier alpha value is -2.56. The van der Waals surface area contributed by atoms with Crippen molar-refractivity contribution < 1.29 is 17.9 Å². The van der Waals surface area contributed by atoms with Gasteiger partial charge in [0.1, 0.15) is 17.2 Å². The number of hydrogen-bond acceptors (Lipinski definition) is 5. The molecule has 1 fully saturated rings. The molecule has 7 heteroatoms. The second kappa shape index (κ2) is 8.42. The van der Waals surface area contributed by atoms with Crippen LogP contribution in [-0.4, -0.2) is 31.9 Å². The van der Waals surface area contributed by atoms with Gasteiger partial charge < -0.3 is 9.47 Å². The van der Waals surface area contributed by atoms with Gasteiger partial charge in [0.15, 0.2) is 0 Å². The predicted molar refractivity (Wildman–Crippen MR) is 101 cm³/mol. The minimum Gasteiger partial charge on any atom is -0.494 e. The summed E-state index contributed by atoms with van der Waals surface area (Å²) in [6, 6.07) is 15.6. The summed E-state index contributed by atoms with van der Waals surface area (Å²) in [7, 11) is -3.60. The lowest BCUT2D eigenvalue weighted by Crippen LogP contribution is -2.33. The third-order valence-electron chi connectivity index (χ3n) is 4.20. The maximum absolute atomic E-state index is 12.9. The number of hydrogen-bond donors (Lipinski definition) is 0. The number of benzene rings is 2. The standard InChI is InChI=1S/C20H22N2O4S/c1-2-25-17-6-8-18(9-7-17)26-19-10-12-20(13-11-19)27(23,24)22(15-3-14-21)16-4-5-16/h6-13,16H,2-5,15H2,1H3. The third-order valence-corrected chi connectivity index (χ3v) is 6.16. The van der Waals surface area contributed by atoms with Gasteiger partial charge in [0, 0.05) is 19.0 Å². The van der Waals surface area contributed by atoms with Gasteiger partial charge in [0.2, 0.25) is 10.0 Å². The lowest BCUT2D eigenvalue weighted by molar-refractivity contribution is 0.339. The Balaban J connectivity index is 1.71. The van der Waals surface area contributed by atoms with Crippen LogP contribution in [0.2, 0.25) is 0 Å². The third kappa shape index (κ3) is 4.79. The molecular weight excluding hydrogens is 364 g/mol. The van der Waals surface area contributed by atoms with Crippen LogP contribution in [0.25, 0.3) is 0 Å². The van der Waals surface area contributed by atoms with Gasteiger partial charge in [-0.2, -0.15) is 9.57 Å². The fourth-order valence-corrected chi connectivity index (χ4v) is 4.43. The molecule has 1 aliphatic carbocycles. The highest BCUT2D eigenvalue weighted by Crippen LogP contribution is 2.33. The van der Waals surface area contributed by atoms with Crippen LogP contribution < -0.4 is 9.47 Å². The molecule has 0 amide bonds. The van der Waals surface area contributed by atoms with Gasteiger partial charge in [0.25, 0.3) is 0 Å². The average molecular weight is 386 g/mol. The topological polar surface area (TPSA) is 79.6 Å². The van der Waals surface area contributed by atoms with E-state index in [0.29, 0.717) is 18.1 Å². The molecule has 0 aromatic heterocycles. The van der Waals surface area contributed by atoms with Crippen LogP contribution in [0.3, 0.4) is 0 Å². The second-order valence-corrected chi connectivity index (χ2v) is 8.12. The Bertz CT molecular complexity index is 898. The van der Waals surface area contributed by atoms with E-state index in [1.807, 2.05) is 25.1 Å². The Morgan fingerprint density at radius 1 is 1.04 bits per heavy atom. The van der Waals surface area contributed by atoms with Crippen LogP contribution in [0.15, 0.2) is 53.4 Å². The minimum atomic E-state index is -3.60. The normalized spacial score (nSPS) is 14.0. The van der Waals surface area contributed by atoms with Gasteiger partial charge in [-0.05, 0) is 68.3 Å². The fourth-order valence-electron chi connectivity index (χ4n) is 2.74. The molecule has 0 bridgehead atoms. The van der Waals surface area contributed by atoms with Crippen molar-refractivity contribution in [1.82, 2.24) is 4.31 Å². The van der Waals surface area contributed by atoms with E-state index < -0.39 is 10.0 Å². The van der Waals surface area contributed by atoms with Gasteiger partial charge in [0.05, 0.1) is 17.6 Å². The van der Waals surface area contributed by atoms with Gasteiger partial charge in [-0.3, -0.25) is 0 Å². The second-order valence-electron chi connectivity index (χ2n) is 6.23. The van der Waals surface area contributed by atoms with Crippen molar-refractivity contribution in [2.45, 2.75) is 37.1 Å². The monoisotopic (exact) mass is 386 g/mol. The van der Waals surface area contributed by atoms with Crippen LogP contribution in [0.4, 0.5) is 0 Å². The molecule has 0 saturated heterocycles. The molecule has 0 unspecified atom stereocenters. The molecular formula is C20H22N2O4S. The van der Waals surface area contributed by atoms with Crippen LogP contribution >= 0.6 is 0 Å². The average Bonchev–Trinajstić information content (AvgIpc) is 3.49. The first-order valence-electron chi connectivity index (χ1n) is 8.94. The maximum atomic E-state index is 12.9. The summed E-state index contributed by atoms with van der Waals surface area (Å²) < 4.78 is 38.3. The van der Waals surface area contributed by atoms with Gasteiger partial charge in [-0.15, -0.1) is 0 Å². The molecule has 6 nitrogen and oxygen atoms in total. The minimum absolute atomic E-state index is 0.0168. The summed E-state index contributed by atoms with van der Waals surface area (Å²) in [5.41, 5.74) is 0. The molecule has 1 saturated carbocycles. The molecule has 142 valence electrons. The zero-order valence-corrected chi connectivity index (χ0v) is 16.0. The van der Waals surface area contributed by atoms with Crippen molar-refractivity contribution in [3.8, 4) is 23.3 Å². The first kappa shape index (κ1) is 19.2. The van der Waals surface area contributed by atoms with Crippen LogP contribution in [0.5, 0.6) is 17.2 Å². The summed E-state index contributed by atoms with van der Waals surface area (Å²) in [6.07, 6.45) is 1.89. The summed E-state index contributed by atoms with van der Waals surface area (Å²) in [6.45, 7) is 2.75. The molecule has 2 aromatic rings. The largest absolute Gasteiger partial charge is 0.494 e. The lowest BCUT2D eigenvalue weighted by atomic mass is 10.3. The van der Waals surface area contributed by atoms with Crippen LogP contribution in [-0.2, 0) is 10.0 Å². The number of rotatable bonds is 9. The highest BCUT2D eigenvalue weighted by molar-refractivity contribution is 7.89. The van der Waals surface area contributed by atoms with E-state index in [9.17, 15) is 8.42 Å². The van der Waals surface area contributed by atoms with Crippen molar-refractivity contribution in [1.29, 1.82) is 5.26 Å². The van der Waals surface area contributed by atoms with Gasteiger partial charge in [-0.25, -0.2) is 8.42 Å². The maximum Gasteiger partial charge on any atom is 0.243 e. The summed E-state index contributed by atoms with van der Waals surface area (Å²) in [5, 5.41) is 8.78. The Kier molecular flexibility index (Phi) is 5.99. The van der Waals surface area contributed by atoms with Crippen molar-refractivity contribution in [2.75, 3.05) is 13.2 Å². The zero-order chi connectivity index (χ0) is 19.3. The smallest absolute Gasteiger partial charge is 0.243 e. The fraction of sp³-hybridized carbons (Fsp3) is 0.350. The first-order chi connectivity index (χ1) is 13.0. The summed E-state index contributed by atoms with van der Waals surface area (Å²) in [4.78, 5) is 0.214. The molecule has 27 heavy (non-hydrogen) atoms. The molecule has 1 aliphatic rings. The van der Waals surface area contributed by atoms with E-state index in [-0.39, 0.29) is 23.9 Å². The number of nitrogens with zero attached hydrogens (tertiary/aromatic N) is 2. The van der Waals surface area contributed by atoms with Crippen LogP contribution in [0.1, 0.15) is 26.2 Å². The molecule has 3 rings (SSSR count). The Morgan fingerprint density at radius 2 is 1.59 bits per heavy atom. The number of ether oxygens (including phenoxy) is 2. The molecule has 0 radical (unpaired) electrons. The SMILES string of the molecule is CCOc1ccc(Oc2ccc(S(=O)(=O)N(CCC#N)C3CC3)cc2)cc1. The highest BCUT2D eigenvalue weighted by Gasteiger charge is 2.37. The summed E-state index contributed by atoms with van der Waals surface area (Å²) >= 11 is 0. The van der Waals surface area contributed by atoms with E-state index in [1.54, 1.807) is 36.4 Å². The first-order valence-corrected chi connectivity index (χ1v) is 10.4. The number of nitriles is 1. The van der Waals surface area contributed by atoms with Crippen molar-refractivity contribution in [3.05, 3.63) is 48.5 Å². The number of sulfonamides is 1. The molecule has 0 spiro atoms.